The molecule has 51 heavy (non-hydrogen) atoms. The summed E-state index contributed by atoms with van der Waals surface area (Å²) in [7, 11) is 0. The minimum Gasteiger partial charge on any atom is -0.258 e. The van der Waals surface area contributed by atoms with Crippen LogP contribution < -0.4 is 0 Å². The third-order valence-electron chi connectivity index (χ3n) is 9.02. The van der Waals surface area contributed by atoms with Gasteiger partial charge in [0, 0.05) is 5.71 Å². The summed E-state index contributed by atoms with van der Waals surface area (Å²) in [5.41, 5.74) is 11.6. The van der Waals surface area contributed by atoms with Gasteiger partial charge in [-0.05, 0) is 124 Å². The molecular formula is C50H91N. The van der Waals surface area contributed by atoms with E-state index in [2.05, 4.69) is 131 Å². The molecule has 0 saturated carbocycles. The molecule has 0 spiro atoms. The fourth-order valence-electron chi connectivity index (χ4n) is 6.05. The molecule has 1 aromatic carbocycles. The van der Waals surface area contributed by atoms with Gasteiger partial charge in [-0.15, -0.1) is 0 Å². The van der Waals surface area contributed by atoms with E-state index in [0.29, 0.717) is 11.3 Å². The second-order valence-corrected chi connectivity index (χ2v) is 15.0. The summed E-state index contributed by atoms with van der Waals surface area (Å²) in [6.45, 7) is 51.1. The Hall–Kier alpha value is -2.41. The summed E-state index contributed by atoms with van der Waals surface area (Å²) < 4.78 is 0. The molecule has 296 valence electrons. The molecular weight excluding hydrogens is 615 g/mol. The zero-order valence-electron chi connectivity index (χ0n) is 38.4. The molecule has 0 aromatic heterocycles. The van der Waals surface area contributed by atoms with E-state index in [0.717, 1.165) is 34.4 Å². The molecule has 1 nitrogen and oxygen atoms in total. The Bertz CT molecular complexity index is 1130. The van der Waals surface area contributed by atoms with Crippen molar-refractivity contribution in [1.82, 2.24) is 0 Å². The Balaban J connectivity index is -0.000000322. The van der Waals surface area contributed by atoms with Crippen LogP contribution in [0.4, 0.5) is 0 Å². The van der Waals surface area contributed by atoms with Gasteiger partial charge in [0.2, 0.25) is 0 Å². The van der Waals surface area contributed by atoms with E-state index in [1.54, 1.807) is 0 Å². The predicted octanol–water partition coefficient (Wildman–Crippen LogP) is 18.0. The second-order valence-electron chi connectivity index (χ2n) is 15.0. The van der Waals surface area contributed by atoms with Crippen LogP contribution in [0.25, 0.3) is 5.57 Å². The van der Waals surface area contributed by atoms with Crippen LogP contribution >= 0.6 is 0 Å². The Morgan fingerprint density at radius 1 is 0.804 bits per heavy atom. The first-order valence-electron chi connectivity index (χ1n) is 21.0. The molecule has 1 heteroatoms. The summed E-state index contributed by atoms with van der Waals surface area (Å²) in [4.78, 5) is 4.64. The van der Waals surface area contributed by atoms with Crippen molar-refractivity contribution in [3.05, 3.63) is 88.7 Å². The smallest absolute Gasteiger partial charge is 0.0654 e. The number of rotatable bonds is 12. The summed E-state index contributed by atoms with van der Waals surface area (Å²) >= 11 is 0. The highest BCUT2D eigenvalue weighted by molar-refractivity contribution is 5.80. The zero-order chi connectivity index (χ0) is 40.7. The molecule has 0 radical (unpaired) electrons. The van der Waals surface area contributed by atoms with Crippen molar-refractivity contribution in [1.29, 1.82) is 0 Å². The number of hydrogen-bond donors (Lipinski definition) is 0. The molecule has 1 aromatic rings. The highest BCUT2D eigenvalue weighted by atomic mass is 14.7. The van der Waals surface area contributed by atoms with Gasteiger partial charge in [0.1, 0.15) is 0 Å². The van der Waals surface area contributed by atoms with Crippen molar-refractivity contribution in [2.45, 2.75) is 202 Å². The van der Waals surface area contributed by atoms with Crippen molar-refractivity contribution >= 4 is 11.3 Å². The lowest BCUT2D eigenvalue weighted by atomic mass is 9.70. The van der Waals surface area contributed by atoms with E-state index >= 15 is 0 Å². The van der Waals surface area contributed by atoms with Crippen LogP contribution in [-0.2, 0) is 0 Å². The van der Waals surface area contributed by atoms with E-state index in [9.17, 15) is 0 Å². The normalized spacial score (nSPS) is 14.7. The van der Waals surface area contributed by atoms with Crippen LogP contribution in [-0.4, -0.2) is 5.71 Å². The van der Waals surface area contributed by atoms with E-state index < -0.39 is 0 Å². The number of hydrogen-bond acceptors (Lipinski definition) is 1. The molecule has 2 atom stereocenters. The van der Waals surface area contributed by atoms with Gasteiger partial charge in [0.05, 0.1) is 5.70 Å². The van der Waals surface area contributed by atoms with E-state index in [1.165, 1.54) is 85.6 Å². The van der Waals surface area contributed by atoms with Crippen molar-refractivity contribution in [3.63, 3.8) is 0 Å². The van der Waals surface area contributed by atoms with Gasteiger partial charge < -0.3 is 0 Å². The van der Waals surface area contributed by atoms with Crippen LogP contribution in [0, 0.1) is 17.3 Å². The summed E-state index contributed by atoms with van der Waals surface area (Å²) in [5, 5.41) is 0. The first kappa shape index (κ1) is 55.3. The van der Waals surface area contributed by atoms with Crippen molar-refractivity contribution in [3.8, 4) is 0 Å². The van der Waals surface area contributed by atoms with E-state index in [4.69, 9.17) is 0 Å². The quantitative estimate of drug-likeness (QED) is 0.152. The lowest BCUT2D eigenvalue weighted by molar-refractivity contribution is 0.217. The number of nitrogens with zero attached hydrogens (tertiary/aromatic N) is 1. The molecule has 1 unspecified atom stereocenters. The third kappa shape index (κ3) is 26.1. The topological polar surface area (TPSA) is 12.4 Å². The molecule has 0 fully saturated rings. The van der Waals surface area contributed by atoms with Gasteiger partial charge in [0.25, 0.3) is 0 Å². The first-order valence-corrected chi connectivity index (χ1v) is 21.0. The van der Waals surface area contributed by atoms with Crippen LogP contribution in [0.3, 0.4) is 0 Å². The molecule has 0 amide bonds. The molecule has 0 N–H and O–H groups in total. The van der Waals surface area contributed by atoms with Gasteiger partial charge in [-0.1, -0.05) is 184 Å². The molecule has 0 aliphatic heterocycles. The largest absolute Gasteiger partial charge is 0.258 e. The Morgan fingerprint density at radius 2 is 1.27 bits per heavy atom. The monoisotopic (exact) mass is 706 g/mol. The molecule has 0 heterocycles. The third-order valence-corrected chi connectivity index (χ3v) is 9.02. The standard InChI is InChI=1S/C19H31N.C17H24.C8H18.3C2H6/c1-13(2)18(20-14(3)4)12-16-11-17(19(6,7)8)10-9-15(16)5;1-6-8-14(5)15-9-11-16(12-10-15)17(7-2)13(3)4;1-4-6-8(3)7-5-2;3*1-2/h12,17H,1,9-11H2,2-8H3;7,9-12,14H,3,6,8H2,1-2,4-5H3;8H,4-7H2,1-3H3;3*1-2H3/b18-12+;17-7+;;;;/t;14-;;;;/m.1..../s1. The Labute approximate surface area is 323 Å². The fraction of sp³-hybridized carbons (Fsp3) is 0.660. The Morgan fingerprint density at radius 3 is 1.63 bits per heavy atom. The van der Waals surface area contributed by atoms with E-state index in [-0.39, 0.29) is 0 Å². The van der Waals surface area contributed by atoms with Gasteiger partial charge in [-0.3, -0.25) is 4.99 Å². The van der Waals surface area contributed by atoms with Gasteiger partial charge in [-0.25, -0.2) is 0 Å². The lowest BCUT2D eigenvalue weighted by Crippen LogP contribution is -2.23. The SMILES string of the molecule is C=C(C)/C(=C\C)c1ccc([C@H](C)CCC)cc1.C=C(C)/C(=C\C1=C(C)CCC(C(C)(C)C)C1)N=C(C)C.CC.CC.CC.CCCC(C)CCC. The summed E-state index contributed by atoms with van der Waals surface area (Å²) in [6, 6.07) is 8.93. The first-order chi connectivity index (χ1) is 24.0. The van der Waals surface area contributed by atoms with E-state index in [1.807, 2.05) is 62.3 Å². The van der Waals surface area contributed by atoms with Crippen LogP contribution in [0.5, 0.6) is 0 Å². The molecule has 1 aliphatic carbocycles. The molecule has 1 aliphatic rings. The molecule has 2 rings (SSSR count). The minimum absolute atomic E-state index is 0.382. The predicted molar refractivity (Wildman–Crippen MR) is 242 cm³/mol. The number of allylic oxidation sites excluding steroid dienone is 7. The highest BCUT2D eigenvalue weighted by Crippen LogP contribution is 2.41. The van der Waals surface area contributed by atoms with Crippen molar-refractivity contribution in [2.24, 2.45) is 22.2 Å². The zero-order valence-corrected chi connectivity index (χ0v) is 38.4. The minimum atomic E-state index is 0.382. The maximum atomic E-state index is 4.64. The average Bonchev–Trinajstić information content (AvgIpc) is 3.09. The summed E-state index contributed by atoms with van der Waals surface area (Å²) in [6.07, 6.45) is 16.1. The van der Waals surface area contributed by atoms with Gasteiger partial charge in [-0.2, -0.15) is 0 Å². The molecule has 0 bridgehead atoms. The highest BCUT2D eigenvalue weighted by Gasteiger charge is 2.28. The van der Waals surface area contributed by atoms with Gasteiger partial charge >= 0.3 is 0 Å². The van der Waals surface area contributed by atoms with Crippen molar-refractivity contribution < 1.29 is 0 Å². The van der Waals surface area contributed by atoms with Crippen LogP contribution in [0.2, 0.25) is 0 Å². The molecule has 0 saturated heterocycles. The maximum absolute atomic E-state index is 4.64. The lowest BCUT2D eigenvalue weighted by Gasteiger charge is -2.35. The Kier molecular flexibility index (Phi) is 36.3. The van der Waals surface area contributed by atoms with Crippen molar-refractivity contribution in [2.75, 3.05) is 0 Å². The van der Waals surface area contributed by atoms with Crippen LogP contribution in [0.15, 0.2) is 82.6 Å². The number of benzene rings is 1. The fourth-order valence-corrected chi connectivity index (χ4v) is 6.05. The van der Waals surface area contributed by atoms with Crippen LogP contribution in [0.1, 0.15) is 213 Å². The summed E-state index contributed by atoms with van der Waals surface area (Å²) in [5.74, 6) is 2.38. The maximum Gasteiger partial charge on any atom is 0.0654 e. The van der Waals surface area contributed by atoms with Gasteiger partial charge in [0.15, 0.2) is 0 Å². The average molecular weight is 706 g/mol. The number of aliphatic imine (C=N–C) groups is 1. The second kappa shape index (κ2) is 33.4.